The van der Waals surface area contributed by atoms with E-state index in [-0.39, 0.29) is 29.9 Å². The van der Waals surface area contributed by atoms with Crippen molar-refractivity contribution in [3.8, 4) is 0 Å². The van der Waals surface area contributed by atoms with Crippen LogP contribution in [0.4, 0.5) is 0 Å². The molecule has 2 amide bonds. The van der Waals surface area contributed by atoms with Crippen molar-refractivity contribution in [2.45, 2.75) is 64.6 Å². The molecule has 0 saturated carbocycles. The zero-order valence-corrected chi connectivity index (χ0v) is 13.7. The third kappa shape index (κ3) is 3.10. The Balaban J connectivity index is 2.34. The Labute approximate surface area is 129 Å². The van der Waals surface area contributed by atoms with Gasteiger partial charge in [0.25, 0.3) is 0 Å². The summed E-state index contributed by atoms with van der Waals surface area (Å²) in [7, 11) is 0. The molecule has 1 aromatic heterocycles. The van der Waals surface area contributed by atoms with Crippen LogP contribution in [0.25, 0.3) is 0 Å². The molecule has 1 saturated heterocycles. The van der Waals surface area contributed by atoms with E-state index in [4.69, 9.17) is 0 Å². The summed E-state index contributed by atoms with van der Waals surface area (Å²) >= 11 is 1.54. The molecule has 2 heterocycles. The number of hydrogen-bond donors (Lipinski definition) is 1. The number of carbonyl (C=O) groups is 2. The second kappa shape index (κ2) is 7.02. The highest BCUT2D eigenvalue weighted by atomic mass is 32.1. The van der Waals surface area contributed by atoms with Crippen LogP contribution in [-0.2, 0) is 9.59 Å². The SMILES string of the molecule is CCCC1NC(=O)C(CC)N(C(CC)c2nccs2)C1=O. The maximum Gasteiger partial charge on any atom is 0.246 e. The number of aromatic nitrogens is 1. The summed E-state index contributed by atoms with van der Waals surface area (Å²) in [5.41, 5.74) is 0. The molecule has 2 rings (SSSR count). The lowest BCUT2D eigenvalue weighted by Crippen LogP contribution is -2.63. The first-order valence-corrected chi connectivity index (χ1v) is 8.53. The fourth-order valence-electron chi connectivity index (χ4n) is 2.92. The number of amides is 2. The molecule has 0 aromatic carbocycles. The highest BCUT2D eigenvalue weighted by Crippen LogP contribution is 2.31. The van der Waals surface area contributed by atoms with Gasteiger partial charge in [-0.2, -0.15) is 0 Å². The summed E-state index contributed by atoms with van der Waals surface area (Å²) in [5, 5.41) is 5.70. The molecule has 116 valence electrons. The van der Waals surface area contributed by atoms with Crippen LogP contribution < -0.4 is 5.32 Å². The molecule has 21 heavy (non-hydrogen) atoms. The number of carbonyl (C=O) groups excluding carboxylic acids is 2. The van der Waals surface area contributed by atoms with Gasteiger partial charge in [0.2, 0.25) is 11.8 Å². The van der Waals surface area contributed by atoms with Crippen LogP contribution >= 0.6 is 11.3 Å². The Morgan fingerprint density at radius 3 is 2.67 bits per heavy atom. The van der Waals surface area contributed by atoms with Crippen LogP contribution in [0.15, 0.2) is 11.6 Å². The zero-order valence-electron chi connectivity index (χ0n) is 12.8. The fourth-order valence-corrected chi connectivity index (χ4v) is 3.74. The molecule has 1 aromatic rings. The maximum atomic E-state index is 12.8. The summed E-state index contributed by atoms with van der Waals surface area (Å²) in [5.74, 6) is -0.00379. The van der Waals surface area contributed by atoms with E-state index in [0.29, 0.717) is 12.8 Å². The van der Waals surface area contributed by atoms with Crippen molar-refractivity contribution in [2.24, 2.45) is 0 Å². The highest BCUT2D eigenvalue weighted by Gasteiger charge is 2.43. The minimum absolute atomic E-state index is 0.0327. The van der Waals surface area contributed by atoms with E-state index in [1.807, 2.05) is 26.2 Å². The van der Waals surface area contributed by atoms with Crippen molar-refractivity contribution in [2.75, 3.05) is 0 Å². The van der Waals surface area contributed by atoms with E-state index in [9.17, 15) is 9.59 Å². The van der Waals surface area contributed by atoms with Crippen molar-refractivity contribution in [3.63, 3.8) is 0 Å². The highest BCUT2D eigenvalue weighted by molar-refractivity contribution is 7.09. The molecule has 5 nitrogen and oxygen atoms in total. The van der Waals surface area contributed by atoms with Gasteiger partial charge in [-0.3, -0.25) is 9.59 Å². The lowest BCUT2D eigenvalue weighted by molar-refractivity contribution is -0.153. The topological polar surface area (TPSA) is 62.3 Å². The molecule has 6 heteroatoms. The minimum atomic E-state index is -0.390. The van der Waals surface area contributed by atoms with Gasteiger partial charge >= 0.3 is 0 Å². The third-order valence-electron chi connectivity index (χ3n) is 3.93. The number of piperazine rings is 1. The molecular formula is C15H23N3O2S. The Kier molecular flexibility index (Phi) is 5.33. The molecule has 1 fully saturated rings. The van der Waals surface area contributed by atoms with Crippen molar-refractivity contribution in [3.05, 3.63) is 16.6 Å². The third-order valence-corrected chi connectivity index (χ3v) is 4.81. The van der Waals surface area contributed by atoms with Gasteiger partial charge in [0.05, 0.1) is 6.04 Å². The first kappa shape index (κ1) is 15.9. The van der Waals surface area contributed by atoms with Gasteiger partial charge in [-0.15, -0.1) is 11.3 Å². The number of nitrogens with one attached hydrogen (secondary N) is 1. The summed E-state index contributed by atoms with van der Waals surface area (Å²) in [4.78, 5) is 31.3. The lowest BCUT2D eigenvalue weighted by Gasteiger charge is -2.42. The Morgan fingerprint density at radius 2 is 2.14 bits per heavy atom. The predicted octanol–water partition coefficient (Wildman–Crippen LogP) is 2.50. The quantitative estimate of drug-likeness (QED) is 0.878. The maximum absolute atomic E-state index is 12.8. The molecule has 0 radical (unpaired) electrons. The summed E-state index contributed by atoms with van der Waals surface area (Å²) in [6, 6.07) is -0.883. The van der Waals surface area contributed by atoms with Crippen LogP contribution in [0.1, 0.15) is 57.5 Å². The largest absolute Gasteiger partial charge is 0.343 e. The van der Waals surface area contributed by atoms with E-state index >= 15 is 0 Å². The first-order valence-electron chi connectivity index (χ1n) is 7.65. The average molecular weight is 309 g/mol. The minimum Gasteiger partial charge on any atom is -0.343 e. The summed E-state index contributed by atoms with van der Waals surface area (Å²) in [6.45, 7) is 6.00. The van der Waals surface area contributed by atoms with Crippen LogP contribution in [-0.4, -0.2) is 33.8 Å². The molecular weight excluding hydrogens is 286 g/mol. The van der Waals surface area contributed by atoms with Gasteiger partial charge in [-0.25, -0.2) is 4.98 Å². The normalized spacial score (nSPS) is 24.0. The van der Waals surface area contributed by atoms with Crippen LogP contribution in [0, 0.1) is 0 Å². The zero-order chi connectivity index (χ0) is 15.4. The second-order valence-electron chi connectivity index (χ2n) is 5.31. The standard InChI is InChI=1S/C15H23N3O2S/c1-4-7-10-15(20)18(11(5-2)13(19)17-10)12(6-3)14-16-8-9-21-14/h8-12H,4-7H2,1-3H3,(H,17,19). The first-order chi connectivity index (χ1) is 10.1. The number of rotatable bonds is 6. The van der Waals surface area contributed by atoms with E-state index < -0.39 is 0 Å². The number of nitrogens with zero attached hydrogens (tertiary/aromatic N) is 2. The smallest absolute Gasteiger partial charge is 0.246 e. The average Bonchev–Trinajstić information content (AvgIpc) is 2.99. The Bertz CT molecular complexity index is 489. The second-order valence-corrected chi connectivity index (χ2v) is 6.24. The van der Waals surface area contributed by atoms with Gasteiger partial charge in [0.15, 0.2) is 0 Å². The molecule has 0 bridgehead atoms. The van der Waals surface area contributed by atoms with Gasteiger partial charge < -0.3 is 10.2 Å². The van der Waals surface area contributed by atoms with Crippen molar-refractivity contribution < 1.29 is 9.59 Å². The van der Waals surface area contributed by atoms with Crippen LogP contribution in [0.3, 0.4) is 0 Å². The van der Waals surface area contributed by atoms with E-state index in [1.54, 1.807) is 22.4 Å². The molecule has 1 N–H and O–H groups in total. The van der Waals surface area contributed by atoms with E-state index in [2.05, 4.69) is 10.3 Å². The predicted molar refractivity (Wildman–Crippen MR) is 82.9 cm³/mol. The van der Waals surface area contributed by atoms with Gasteiger partial charge in [-0.05, 0) is 19.3 Å². The van der Waals surface area contributed by atoms with E-state index in [1.165, 1.54) is 0 Å². The van der Waals surface area contributed by atoms with Gasteiger partial charge in [0.1, 0.15) is 17.1 Å². The Hall–Kier alpha value is -1.43. The molecule has 3 unspecified atom stereocenters. The van der Waals surface area contributed by atoms with Crippen molar-refractivity contribution >= 4 is 23.2 Å². The molecule has 3 atom stereocenters. The Morgan fingerprint density at radius 1 is 1.38 bits per heavy atom. The molecule has 0 aliphatic carbocycles. The monoisotopic (exact) mass is 309 g/mol. The van der Waals surface area contributed by atoms with Crippen LogP contribution in [0.5, 0.6) is 0 Å². The number of hydrogen-bond acceptors (Lipinski definition) is 4. The summed E-state index contributed by atoms with van der Waals surface area (Å²) in [6.07, 6.45) is 4.70. The molecule has 0 spiro atoms. The lowest BCUT2D eigenvalue weighted by atomic mass is 9.98. The van der Waals surface area contributed by atoms with Gasteiger partial charge in [0, 0.05) is 11.6 Å². The van der Waals surface area contributed by atoms with E-state index in [0.717, 1.165) is 17.8 Å². The molecule has 1 aliphatic heterocycles. The van der Waals surface area contributed by atoms with Crippen molar-refractivity contribution in [1.29, 1.82) is 0 Å². The van der Waals surface area contributed by atoms with Gasteiger partial charge in [-0.1, -0.05) is 27.2 Å². The summed E-state index contributed by atoms with van der Waals surface area (Å²) < 4.78 is 0. The molecule has 1 aliphatic rings. The van der Waals surface area contributed by atoms with Crippen LogP contribution in [0.2, 0.25) is 0 Å². The number of thiazole rings is 1. The fraction of sp³-hybridized carbons (Fsp3) is 0.667. The van der Waals surface area contributed by atoms with Crippen molar-refractivity contribution in [1.82, 2.24) is 15.2 Å².